The topological polar surface area (TPSA) is 42.0 Å². The number of para-hydroxylation sites is 2. The Hall–Kier alpha value is -2.53. The van der Waals surface area contributed by atoms with Crippen LogP contribution >= 0.6 is 0 Å². The number of amides is 1. The average Bonchev–Trinajstić information content (AvgIpc) is 2.71. The zero-order chi connectivity index (χ0) is 18.9. The van der Waals surface area contributed by atoms with Gasteiger partial charge in [0.1, 0.15) is 11.5 Å². The van der Waals surface area contributed by atoms with Crippen LogP contribution < -0.4 is 9.47 Å². The van der Waals surface area contributed by atoms with Gasteiger partial charge in [0, 0.05) is 38.3 Å². The van der Waals surface area contributed by atoms with Gasteiger partial charge in [-0.1, -0.05) is 36.4 Å². The molecule has 0 spiro atoms. The van der Waals surface area contributed by atoms with Crippen molar-refractivity contribution in [2.45, 2.75) is 19.9 Å². The molecule has 0 aromatic heterocycles. The molecule has 1 aliphatic heterocycles. The average molecular weight is 368 g/mol. The minimum Gasteiger partial charge on any atom is -0.494 e. The highest BCUT2D eigenvalue weighted by atomic mass is 16.5. The monoisotopic (exact) mass is 368 g/mol. The lowest BCUT2D eigenvalue weighted by Gasteiger charge is -2.35. The molecule has 1 amide bonds. The van der Waals surface area contributed by atoms with Gasteiger partial charge in [-0.3, -0.25) is 9.69 Å². The third-order valence-corrected chi connectivity index (χ3v) is 4.72. The van der Waals surface area contributed by atoms with Crippen molar-refractivity contribution in [3.05, 3.63) is 60.2 Å². The summed E-state index contributed by atoms with van der Waals surface area (Å²) in [6.45, 7) is 7.24. The van der Waals surface area contributed by atoms with E-state index >= 15 is 0 Å². The Kier molecular flexibility index (Phi) is 7.11. The lowest BCUT2D eigenvalue weighted by atomic mass is 10.1. The van der Waals surface area contributed by atoms with Crippen LogP contribution in [0.25, 0.3) is 0 Å². The highest BCUT2D eigenvalue weighted by molar-refractivity contribution is 5.76. The molecule has 0 atom stereocenters. The van der Waals surface area contributed by atoms with Crippen molar-refractivity contribution >= 4 is 5.91 Å². The van der Waals surface area contributed by atoms with Crippen LogP contribution in [0.15, 0.2) is 54.6 Å². The SMILES string of the molecule is CCOc1ccccc1CN1CCN(C(=O)CCOc2ccccc2)CC1. The first-order chi connectivity index (χ1) is 13.3. The Morgan fingerprint density at radius 1 is 0.926 bits per heavy atom. The second kappa shape index (κ2) is 9.97. The summed E-state index contributed by atoms with van der Waals surface area (Å²) >= 11 is 0. The van der Waals surface area contributed by atoms with Crippen LogP contribution in [0.4, 0.5) is 0 Å². The third kappa shape index (κ3) is 5.73. The first kappa shape index (κ1) is 19.2. The van der Waals surface area contributed by atoms with Crippen molar-refractivity contribution < 1.29 is 14.3 Å². The summed E-state index contributed by atoms with van der Waals surface area (Å²) < 4.78 is 11.3. The Morgan fingerprint density at radius 3 is 2.37 bits per heavy atom. The first-order valence-electron chi connectivity index (χ1n) is 9.65. The maximum absolute atomic E-state index is 12.4. The summed E-state index contributed by atoms with van der Waals surface area (Å²) in [6, 6.07) is 17.8. The summed E-state index contributed by atoms with van der Waals surface area (Å²) in [5.74, 6) is 1.93. The molecule has 1 heterocycles. The van der Waals surface area contributed by atoms with E-state index in [2.05, 4.69) is 11.0 Å². The van der Waals surface area contributed by atoms with E-state index in [0.29, 0.717) is 19.6 Å². The van der Waals surface area contributed by atoms with Crippen molar-refractivity contribution in [3.63, 3.8) is 0 Å². The Balaban J connectivity index is 1.41. The fourth-order valence-corrected chi connectivity index (χ4v) is 3.26. The van der Waals surface area contributed by atoms with E-state index in [0.717, 1.165) is 44.2 Å². The number of hydrogen-bond donors (Lipinski definition) is 0. The molecule has 0 aliphatic carbocycles. The van der Waals surface area contributed by atoms with Gasteiger partial charge in [0.05, 0.1) is 19.6 Å². The van der Waals surface area contributed by atoms with Crippen molar-refractivity contribution in [2.75, 3.05) is 39.4 Å². The number of carbonyl (C=O) groups is 1. The fourth-order valence-electron chi connectivity index (χ4n) is 3.26. The number of hydrogen-bond acceptors (Lipinski definition) is 4. The van der Waals surface area contributed by atoms with Crippen LogP contribution in [0.1, 0.15) is 18.9 Å². The van der Waals surface area contributed by atoms with E-state index in [9.17, 15) is 4.79 Å². The van der Waals surface area contributed by atoms with E-state index in [1.54, 1.807) is 0 Å². The number of piperazine rings is 1. The molecule has 2 aromatic rings. The van der Waals surface area contributed by atoms with Gasteiger partial charge in [-0.15, -0.1) is 0 Å². The highest BCUT2D eigenvalue weighted by Gasteiger charge is 2.21. The van der Waals surface area contributed by atoms with Crippen LogP contribution in [0.5, 0.6) is 11.5 Å². The van der Waals surface area contributed by atoms with Crippen molar-refractivity contribution in [1.29, 1.82) is 0 Å². The quantitative estimate of drug-likeness (QED) is 0.718. The molecule has 27 heavy (non-hydrogen) atoms. The van der Waals surface area contributed by atoms with Gasteiger partial charge in [-0.05, 0) is 25.1 Å². The normalized spacial score (nSPS) is 14.8. The van der Waals surface area contributed by atoms with Gasteiger partial charge in [0.25, 0.3) is 0 Å². The predicted octanol–water partition coefficient (Wildman–Crippen LogP) is 3.20. The lowest BCUT2D eigenvalue weighted by Crippen LogP contribution is -2.48. The largest absolute Gasteiger partial charge is 0.494 e. The maximum atomic E-state index is 12.4. The Labute approximate surface area is 161 Å². The third-order valence-electron chi connectivity index (χ3n) is 4.72. The standard InChI is InChI=1S/C22H28N2O3/c1-2-26-21-11-7-6-8-19(21)18-23-13-15-24(16-14-23)22(25)12-17-27-20-9-4-3-5-10-20/h3-11H,2,12-18H2,1H3. The van der Waals surface area contributed by atoms with E-state index in [1.165, 1.54) is 5.56 Å². The summed E-state index contributed by atoms with van der Waals surface area (Å²) in [5.41, 5.74) is 1.20. The lowest BCUT2D eigenvalue weighted by molar-refractivity contribution is -0.133. The number of ether oxygens (including phenoxy) is 2. The van der Waals surface area contributed by atoms with E-state index in [-0.39, 0.29) is 5.91 Å². The molecular formula is C22H28N2O3. The van der Waals surface area contributed by atoms with Crippen molar-refractivity contribution in [2.24, 2.45) is 0 Å². The molecule has 0 radical (unpaired) electrons. The number of benzene rings is 2. The number of nitrogens with zero attached hydrogens (tertiary/aromatic N) is 2. The van der Waals surface area contributed by atoms with Gasteiger partial charge in [0.15, 0.2) is 0 Å². The van der Waals surface area contributed by atoms with Crippen LogP contribution in [-0.2, 0) is 11.3 Å². The predicted molar refractivity (Wildman–Crippen MR) is 106 cm³/mol. The van der Waals surface area contributed by atoms with Crippen LogP contribution in [0.2, 0.25) is 0 Å². The molecular weight excluding hydrogens is 340 g/mol. The first-order valence-corrected chi connectivity index (χ1v) is 9.65. The second-order valence-electron chi connectivity index (χ2n) is 6.61. The van der Waals surface area contributed by atoms with Crippen molar-refractivity contribution in [1.82, 2.24) is 9.80 Å². The van der Waals surface area contributed by atoms with E-state index < -0.39 is 0 Å². The Morgan fingerprint density at radius 2 is 1.63 bits per heavy atom. The number of rotatable bonds is 8. The summed E-state index contributed by atoms with van der Waals surface area (Å²) in [4.78, 5) is 16.7. The molecule has 5 heteroatoms. The second-order valence-corrected chi connectivity index (χ2v) is 6.61. The highest BCUT2D eigenvalue weighted by Crippen LogP contribution is 2.20. The number of carbonyl (C=O) groups excluding carboxylic acids is 1. The van der Waals surface area contributed by atoms with Gasteiger partial charge < -0.3 is 14.4 Å². The van der Waals surface area contributed by atoms with E-state index in [4.69, 9.17) is 9.47 Å². The van der Waals surface area contributed by atoms with Crippen molar-refractivity contribution in [3.8, 4) is 11.5 Å². The van der Waals surface area contributed by atoms with E-state index in [1.807, 2.05) is 60.4 Å². The van der Waals surface area contributed by atoms with Gasteiger partial charge >= 0.3 is 0 Å². The molecule has 0 saturated carbocycles. The molecule has 1 fully saturated rings. The molecule has 1 aliphatic rings. The smallest absolute Gasteiger partial charge is 0.226 e. The maximum Gasteiger partial charge on any atom is 0.226 e. The Bertz CT molecular complexity index is 713. The molecule has 5 nitrogen and oxygen atoms in total. The summed E-state index contributed by atoms with van der Waals surface area (Å²) in [6.07, 6.45) is 0.419. The fraction of sp³-hybridized carbons (Fsp3) is 0.409. The summed E-state index contributed by atoms with van der Waals surface area (Å²) in [7, 11) is 0. The zero-order valence-electron chi connectivity index (χ0n) is 16.0. The molecule has 144 valence electrons. The van der Waals surface area contributed by atoms with Crippen LogP contribution in [0.3, 0.4) is 0 Å². The van der Waals surface area contributed by atoms with Crippen LogP contribution in [0, 0.1) is 0 Å². The molecule has 2 aromatic carbocycles. The molecule has 3 rings (SSSR count). The zero-order valence-corrected chi connectivity index (χ0v) is 16.0. The summed E-state index contributed by atoms with van der Waals surface area (Å²) in [5, 5.41) is 0. The molecule has 1 saturated heterocycles. The molecule has 0 bridgehead atoms. The molecule has 0 unspecified atom stereocenters. The van der Waals surface area contributed by atoms with Gasteiger partial charge in [0.2, 0.25) is 5.91 Å². The minimum absolute atomic E-state index is 0.167. The molecule has 0 N–H and O–H groups in total. The van der Waals surface area contributed by atoms with Gasteiger partial charge in [-0.25, -0.2) is 0 Å². The van der Waals surface area contributed by atoms with Gasteiger partial charge in [-0.2, -0.15) is 0 Å². The minimum atomic E-state index is 0.167. The van der Waals surface area contributed by atoms with Crippen LogP contribution in [-0.4, -0.2) is 55.1 Å².